The van der Waals surface area contributed by atoms with Crippen LogP contribution < -0.4 is 16.4 Å². The Morgan fingerprint density at radius 2 is 1.89 bits per heavy atom. The summed E-state index contributed by atoms with van der Waals surface area (Å²) in [6.45, 7) is -0.422. The van der Waals surface area contributed by atoms with Crippen LogP contribution >= 0.6 is 23.2 Å². The molecule has 2 aliphatic rings. The molecule has 1 heterocycles. The number of nitrogens with two attached hydrogens (primary N) is 1. The summed E-state index contributed by atoms with van der Waals surface area (Å²) in [6, 6.07) is 9.80. The highest BCUT2D eigenvalue weighted by molar-refractivity contribution is 6.39. The number of imide groups is 1. The van der Waals surface area contributed by atoms with E-state index in [2.05, 4.69) is 10.6 Å². The first-order valence-electron chi connectivity index (χ1n) is 8.59. The van der Waals surface area contributed by atoms with Gasteiger partial charge < -0.3 is 16.4 Å². The standard InChI is InChI=1S/C19H16Cl2N4O3/c20-13-7-11(8-14(21)16(13)22)23-15(26)9-25-17(27)19(24-18(25)28)6-5-10-3-1-2-4-12(10)19/h1-4,7-8H,5-6,9,22H2,(H,23,26)(H,24,28). The average molecular weight is 419 g/mol. The average Bonchev–Trinajstić information content (AvgIpc) is 3.13. The molecule has 1 atom stereocenters. The van der Waals surface area contributed by atoms with Crippen molar-refractivity contribution in [3.05, 3.63) is 57.6 Å². The number of fused-ring (bicyclic) bond motifs is 2. The van der Waals surface area contributed by atoms with Gasteiger partial charge in [0.05, 0.1) is 15.7 Å². The zero-order valence-corrected chi connectivity index (χ0v) is 16.1. The van der Waals surface area contributed by atoms with Crippen LogP contribution in [0.15, 0.2) is 36.4 Å². The molecule has 4 N–H and O–H groups in total. The van der Waals surface area contributed by atoms with Crippen LogP contribution in [-0.2, 0) is 21.5 Å². The summed E-state index contributed by atoms with van der Waals surface area (Å²) in [4.78, 5) is 38.8. The van der Waals surface area contributed by atoms with Crippen molar-refractivity contribution < 1.29 is 14.4 Å². The van der Waals surface area contributed by atoms with E-state index >= 15 is 0 Å². The Labute approximate surface area is 170 Å². The number of urea groups is 1. The summed E-state index contributed by atoms with van der Waals surface area (Å²) < 4.78 is 0. The van der Waals surface area contributed by atoms with Crippen LogP contribution in [0.25, 0.3) is 0 Å². The smallest absolute Gasteiger partial charge is 0.325 e. The molecular formula is C19H16Cl2N4O3. The lowest BCUT2D eigenvalue weighted by atomic mass is 9.92. The van der Waals surface area contributed by atoms with Gasteiger partial charge in [0, 0.05) is 5.69 Å². The molecule has 7 nitrogen and oxygen atoms in total. The van der Waals surface area contributed by atoms with Crippen LogP contribution in [0.4, 0.5) is 16.2 Å². The van der Waals surface area contributed by atoms with Gasteiger partial charge in [-0.15, -0.1) is 0 Å². The normalized spacial score (nSPS) is 20.4. The topological polar surface area (TPSA) is 105 Å². The van der Waals surface area contributed by atoms with Gasteiger partial charge in [0.25, 0.3) is 5.91 Å². The van der Waals surface area contributed by atoms with Crippen molar-refractivity contribution in [2.75, 3.05) is 17.6 Å². The molecule has 0 bridgehead atoms. The molecule has 1 unspecified atom stereocenters. The van der Waals surface area contributed by atoms with Crippen LogP contribution in [0.1, 0.15) is 17.5 Å². The first-order valence-corrected chi connectivity index (χ1v) is 9.34. The highest BCUT2D eigenvalue weighted by Crippen LogP contribution is 2.41. The molecule has 0 radical (unpaired) electrons. The molecule has 1 saturated heterocycles. The number of nitrogens with zero attached hydrogens (tertiary/aromatic N) is 1. The van der Waals surface area contributed by atoms with Gasteiger partial charge in [-0.2, -0.15) is 0 Å². The molecule has 0 saturated carbocycles. The molecule has 2 aromatic carbocycles. The summed E-state index contributed by atoms with van der Waals surface area (Å²) in [5, 5.41) is 5.75. The van der Waals surface area contributed by atoms with Gasteiger partial charge in [-0.05, 0) is 36.1 Å². The second-order valence-electron chi connectivity index (χ2n) is 6.79. The number of nitrogens with one attached hydrogen (secondary N) is 2. The largest absolute Gasteiger partial charge is 0.396 e. The number of carbonyl (C=O) groups is 3. The molecule has 0 aromatic heterocycles. The van der Waals surface area contributed by atoms with Crippen molar-refractivity contribution >= 4 is 52.4 Å². The number of carbonyl (C=O) groups excluding carboxylic acids is 3. The highest BCUT2D eigenvalue weighted by atomic mass is 35.5. The van der Waals surface area contributed by atoms with Crippen molar-refractivity contribution in [3.63, 3.8) is 0 Å². The van der Waals surface area contributed by atoms with E-state index in [-0.39, 0.29) is 15.7 Å². The molecule has 4 rings (SSSR count). The summed E-state index contributed by atoms with van der Waals surface area (Å²) in [5.74, 6) is -0.977. The number of amides is 4. The maximum atomic E-state index is 13.0. The van der Waals surface area contributed by atoms with Gasteiger partial charge in [0.2, 0.25) is 5.91 Å². The Balaban J connectivity index is 1.52. The minimum Gasteiger partial charge on any atom is -0.396 e. The quantitative estimate of drug-likeness (QED) is 0.526. The number of hydrogen-bond donors (Lipinski definition) is 3. The van der Waals surface area contributed by atoms with Crippen LogP contribution in [0.3, 0.4) is 0 Å². The lowest BCUT2D eigenvalue weighted by Crippen LogP contribution is -2.43. The molecular weight excluding hydrogens is 403 g/mol. The van der Waals surface area contributed by atoms with E-state index in [4.69, 9.17) is 28.9 Å². The van der Waals surface area contributed by atoms with E-state index in [1.54, 1.807) is 0 Å². The summed E-state index contributed by atoms with van der Waals surface area (Å²) in [5.41, 5.74) is 6.91. The molecule has 28 heavy (non-hydrogen) atoms. The summed E-state index contributed by atoms with van der Waals surface area (Å²) in [6.07, 6.45) is 1.16. The van der Waals surface area contributed by atoms with Crippen molar-refractivity contribution in [3.8, 4) is 0 Å². The molecule has 1 aliphatic heterocycles. The van der Waals surface area contributed by atoms with E-state index in [1.807, 2.05) is 24.3 Å². The molecule has 1 spiro atoms. The SMILES string of the molecule is Nc1c(Cl)cc(NC(=O)CN2C(=O)NC3(CCc4ccccc43)C2=O)cc1Cl. The Morgan fingerprint density at radius 1 is 1.21 bits per heavy atom. The second kappa shape index (κ2) is 6.68. The van der Waals surface area contributed by atoms with Crippen LogP contribution in [-0.4, -0.2) is 29.3 Å². The van der Waals surface area contributed by atoms with Crippen LogP contribution in [0.2, 0.25) is 10.0 Å². The fourth-order valence-electron chi connectivity index (χ4n) is 3.73. The van der Waals surface area contributed by atoms with Gasteiger partial charge in [-0.3, -0.25) is 14.5 Å². The summed E-state index contributed by atoms with van der Waals surface area (Å²) in [7, 11) is 0. The second-order valence-corrected chi connectivity index (χ2v) is 7.60. The number of anilines is 2. The first-order chi connectivity index (χ1) is 13.3. The monoisotopic (exact) mass is 418 g/mol. The van der Waals surface area contributed by atoms with Crippen molar-refractivity contribution in [2.45, 2.75) is 18.4 Å². The minimum absolute atomic E-state index is 0.194. The van der Waals surface area contributed by atoms with Crippen LogP contribution in [0.5, 0.6) is 0 Å². The van der Waals surface area contributed by atoms with E-state index < -0.39 is 29.9 Å². The van der Waals surface area contributed by atoms with Gasteiger partial charge in [0.1, 0.15) is 12.1 Å². The van der Waals surface area contributed by atoms with Crippen LogP contribution in [0, 0.1) is 0 Å². The van der Waals surface area contributed by atoms with Crippen molar-refractivity contribution in [2.24, 2.45) is 0 Å². The number of nitrogen functional groups attached to an aromatic ring is 1. The van der Waals surface area contributed by atoms with Crippen molar-refractivity contribution in [1.29, 1.82) is 0 Å². The van der Waals surface area contributed by atoms with Gasteiger partial charge >= 0.3 is 6.03 Å². The van der Waals surface area contributed by atoms with E-state index in [0.717, 1.165) is 16.0 Å². The highest BCUT2D eigenvalue weighted by Gasteiger charge is 2.55. The maximum Gasteiger partial charge on any atom is 0.325 e. The van der Waals surface area contributed by atoms with Gasteiger partial charge in [-0.25, -0.2) is 4.79 Å². The molecule has 9 heteroatoms. The third-order valence-corrected chi connectivity index (χ3v) is 5.71. The fraction of sp³-hybridized carbons (Fsp3) is 0.211. The molecule has 2 aromatic rings. The minimum atomic E-state index is -1.10. The summed E-state index contributed by atoms with van der Waals surface area (Å²) >= 11 is 11.9. The van der Waals surface area contributed by atoms with E-state index in [1.165, 1.54) is 12.1 Å². The van der Waals surface area contributed by atoms with Gasteiger partial charge in [0.15, 0.2) is 0 Å². The number of rotatable bonds is 3. The number of halogens is 2. The molecule has 144 valence electrons. The van der Waals surface area contributed by atoms with Gasteiger partial charge in [-0.1, -0.05) is 47.5 Å². The Hall–Kier alpha value is -2.77. The Bertz CT molecular complexity index is 1000. The molecule has 1 fully saturated rings. The Kier molecular flexibility index (Phi) is 4.44. The zero-order chi connectivity index (χ0) is 20.1. The fourth-order valence-corrected chi connectivity index (χ4v) is 4.22. The number of aryl methyl sites for hydroxylation is 1. The third-order valence-electron chi connectivity index (χ3n) is 5.09. The predicted octanol–water partition coefficient (Wildman–Crippen LogP) is 2.91. The predicted molar refractivity (Wildman–Crippen MR) is 106 cm³/mol. The molecule has 4 amide bonds. The molecule has 1 aliphatic carbocycles. The maximum absolute atomic E-state index is 13.0. The third kappa shape index (κ3) is 2.87. The lowest BCUT2D eigenvalue weighted by Gasteiger charge is -2.22. The lowest BCUT2D eigenvalue weighted by molar-refractivity contribution is -0.134. The number of benzene rings is 2. The van der Waals surface area contributed by atoms with Crippen molar-refractivity contribution in [1.82, 2.24) is 10.2 Å². The Morgan fingerprint density at radius 3 is 2.61 bits per heavy atom. The zero-order valence-electron chi connectivity index (χ0n) is 14.6. The van der Waals surface area contributed by atoms with E-state index in [9.17, 15) is 14.4 Å². The first kappa shape index (κ1) is 18.6. The van der Waals surface area contributed by atoms with E-state index in [0.29, 0.717) is 18.5 Å². The number of hydrogen-bond acceptors (Lipinski definition) is 4.